The summed E-state index contributed by atoms with van der Waals surface area (Å²) in [4.78, 5) is 24.3. The summed E-state index contributed by atoms with van der Waals surface area (Å²) in [5.41, 5.74) is 0. The smallest absolute Gasteiger partial charge is 0.309 e. The molecule has 1 aliphatic carbocycles. The highest BCUT2D eigenvalue weighted by Gasteiger charge is 2.38. The van der Waals surface area contributed by atoms with Crippen LogP contribution >= 0.6 is 0 Å². The number of epoxide rings is 1. The molecular formula is C21H30O7. The maximum Gasteiger partial charge on any atom is 0.309 e. The van der Waals surface area contributed by atoms with Crippen molar-refractivity contribution in [3.8, 4) is 0 Å². The standard InChI is InChI=1S/C21H30O7/c1-3-14(10-19-13(2)27-19)20(23)25-11-17-7-8-18(28-17)12-26-21(24)15-5-4-6-16(22)9-15/h7-8,13-16,19,22H,3-6,9-12H2,1-2H3. The molecular weight excluding hydrogens is 364 g/mol. The molecule has 1 aromatic heterocycles. The predicted molar refractivity (Wildman–Crippen MR) is 99.0 cm³/mol. The van der Waals surface area contributed by atoms with Crippen molar-refractivity contribution in [2.45, 2.75) is 83.9 Å². The van der Waals surface area contributed by atoms with Gasteiger partial charge in [-0.15, -0.1) is 0 Å². The first kappa shape index (κ1) is 20.9. The highest BCUT2D eigenvalue weighted by molar-refractivity contribution is 5.73. The minimum absolute atomic E-state index is 0.0356. The lowest BCUT2D eigenvalue weighted by Crippen LogP contribution is -2.27. The molecule has 0 aromatic carbocycles. The lowest BCUT2D eigenvalue weighted by atomic mass is 9.87. The van der Waals surface area contributed by atoms with E-state index in [1.165, 1.54) is 0 Å². The van der Waals surface area contributed by atoms with E-state index in [2.05, 4.69) is 0 Å². The highest BCUT2D eigenvalue weighted by atomic mass is 16.6. The van der Waals surface area contributed by atoms with Gasteiger partial charge in [-0.05, 0) is 51.2 Å². The van der Waals surface area contributed by atoms with E-state index in [4.69, 9.17) is 18.6 Å². The van der Waals surface area contributed by atoms with Crippen LogP contribution in [0.15, 0.2) is 16.5 Å². The molecule has 1 saturated heterocycles. The van der Waals surface area contributed by atoms with Crippen LogP contribution in [0.4, 0.5) is 0 Å². The molecule has 0 amide bonds. The zero-order chi connectivity index (χ0) is 20.1. The topological polar surface area (TPSA) is 98.5 Å². The lowest BCUT2D eigenvalue weighted by molar-refractivity contribution is -0.153. The second-order valence-electron chi connectivity index (χ2n) is 7.82. The van der Waals surface area contributed by atoms with Gasteiger partial charge in [0, 0.05) is 0 Å². The summed E-state index contributed by atoms with van der Waals surface area (Å²) < 4.78 is 21.6. The van der Waals surface area contributed by atoms with Gasteiger partial charge < -0.3 is 23.7 Å². The van der Waals surface area contributed by atoms with Crippen LogP contribution in [-0.4, -0.2) is 35.4 Å². The first-order valence-electron chi connectivity index (χ1n) is 10.2. The number of hydrogen-bond acceptors (Lipinski definition) is 7. The molecule has 1 saturated carbocycles. The van der Waals surface area contributed by atoms with Crippen LogP contribution in [-0.2, 0) is 37.0 Å². The molecule has 5 unspecified atom stereocenters. The fraction of sp³-hybridized carbons (Fsp3) is 0.714. The Morgan fingerprint density at radius 2 is 1.89 bits per heavy atom. The molecule has 2 aliphatic rings. The molecule has 1 N–H and O–H groups in total. The fourth-order valence-corrected chi connectivity index (χ4v) is 3.66. The number of aliphatic hydroxyl groups is 1. The molecule has 1 aromatic rings. The van der Waals surface area contributed by atoms with E-state index in [-0.39, 0.29) is 49.2 Å². The first-order chi connectivity index (χ1) is 13.5. The van der Waals surface area contributed by atoms with Crippen molar-refractivity contribution in [2.75, 3.05) is 0 Å². The number of ether oxygens (including phenoxy) is 3. The number of esters is 2. The van der Waals surface area contributed by atoms with Crippen LogP contribution in [0.2, 0.25) is 0 Å². The van der Waals surface area contributed by atoms with Crippen LogP contribution in [0.3, 0.4) is 0 Å². The number of carbonyl (C=O) groups is 2. The molecule has 7 nitrogen and oxygen atoms in total. The number of carbonyl (C=O) groups excluding carboxylic acids is 2. The number of aliphatic hydroxyl groups excluding tert-OH is 1. The van der Waals surface area contributed by atoms with Gasteiger partial charge in [0.15, 0.2) is 0 Å². The van der Waals surface area contributed by atoms with Crippen molar-refractivity contribution < 1.29 is 33.3 Å². The van der Waals surface area contributed by atoms with Crippen molar-refractivity contribution in [3.63, 3.8) is 0 Å². The maximum atomic E-state index is 12.2. The van der Waals surface area contributed by atoms with Gasteiger partial charge in [0.2, 0.25) is 0 Å². The predicted octanol–water partition coefficient (Wildman–Crippen LogP) is 3.12. The quantitative estimate of drug-likeness (QED) is 0.507. The molecule has 0 spiro atoms. The van der Waals surface area contributed by atoms with E-state index >= 15 is 0 Å². The minimum atomic E-state index is -0.419. The summed E-state index contributed by atoms with van der Waals surface area (Å²) in [6.07, 6.45) is 4.16. The molecule has 0 bridgehead atoms. The maximum absolute atomic E-state index is 12.2. The summed E-state index contributed by atoms with van der Waals surface area (Å²) in [5, 5.41) is 9.67. The Labute approximate surface area is 165 Å². The van der Waals surface area contributed by atoms with Gasteiger partial charge in [-0.1, -0.05) is 13.3 Å². The molecule has 1 aliphatic heterocycles. The molecule has 2 heterocycles. The average Bonchev–Trinajstić information content (AvgIpc) is 3.19. The van der Waals surface area contributed by atoms with E-state index in [1.54, 1.807) is 12.1 Å². The molecule has 5 atom stereocenters. The second kappa shape index (κ2) is 9.56. The second-order valence-corrected chi connectivity index (χ2v) is 7.82. The van der Waals surface area contributed by atoms with Crippen molar-refractivity contribution in [1.82, 2.24) is 0 Å². The van der Waals surface area contributed by atoms with E-state index in [0.29, 0.717) is 30.8 Å². The summed E-state index contributed by atoms with van der Waals surface area (Å²) in [5.74, 6) is 0.0525. The van der Waals surface area contributed by atoms with Crippen LogP contribution in [0.5, 0.6) is 0 Å². The summed E-state index contributed by atoms with van der Waals surface area (Å²) in [7, 11) is 0. The number of hydrogen-bond donors (Lipinski definition) is 1. The molecule has 7 heteroatoms. The molecule has 156 valence electrons. The summed E-state index contributed by atoms with van der Waals surface area (Å²) in [6, 6.07) is 3.43. The SMILES string of the molecule is CCC(CC1OC1C)C(=O)OCc1ccc(COC(=O)C2CCCC(O)C2)o1. The molecule has 28 heavy (non-hydrogen) atoms. The summed E-state index contributed by atoms with van der Waals surface area (Å²) >= 11 is 0. The molecule has 0 radical (unpaired) electrons. The van der Waals surface area contributed by atoms with Crippen LogP contribution < -0.4 is 0 Å². The van der Waals surface area contributed by atoms with Crippen molar-refractivity contribution in [2.24, 2.45) is 11.8 Å². The van der Waals surface area contributed by atoms with E-state index in [1.807, 2.05) is 13.8 Å². The Morgan fingerprint density at radius 3 is 2.50 bits per heavy atom. The first-order valence-corrected chi connectivity index (χ1v) is 10.2. The zero-order valence-electron chi connectivity index (χ0n) is 16.6. The van der Waals surface area contributed by atoms with Gasteiger partial charge in [-0.3, -0.25) is 9.59 Å². The third-order valence-corrected chi connectivity index (χ3v) is 5.59. The normalized spacial score (nSPS) is 27.8. The Balaban J connectivity index is 1.40. The van der Waals surface area contributed by atoms with E-state index in [0.717, 1.165) is 19.3 Å². The number of rotatable bonds is 9. The zero-order valence-corrected chi connectivity index (χ0v) is 16.6. The minimum Gasteiger partial charge on any atom is -0.459 e. The van der Waals surface area contributed by atoms with Crippen molar-refractivity contribution >= 4 is 11.9 Å². The van der Waals surface area contributed by atoms with Crippen molar-refractivity contribution in [1.29, 1.82) is 0 Å². The van der Waals surface area contributed by atoms with Crippen molar-refractivity contribution in [3.05, 3.63) is 23.7 Å². The van der Waals surface area contributed by atoms with E-state index < -0.39 is 6.10 Å². The van der Waals surface area contributed by atoms with Gasteiger partial charge in [0.05, 0.1) is 30.1 Å². The number of furan rings is 1. The highest BCUT2D eigenvalue weighted by Crippen LogP contribution is 2.30. The van der Waals surface area contributed by atoms with Gasteiger partial charge in [-0.2, -0.15) is 0 Å². The lowest BCUT2D eigenvalue weighted by Gasteiger charge is -2.23. The Kier molecular flexibility index (Phi) is 7.13. The molecule has 3 rings (SSSR count). The van der Waals surface area contributed by atoms with Crippen LogP contribution in [0.1, 0.15) is 63.9 Å². The van der Waals surface area contributed by atoms with Crippen LogP contribution in [0, 0.1) is 11.8 Å². The fourth-order valence-electron chi connectivity index (χ4n) is 3.66. The average molecular weight is 394 g/mol. The van der Waals surface area contributed by atoms with Crippen LogP contribution in [0.25, 0.3) is 0 Å². The van der Waals surface area contributed by atoms with E-state index in [9.17, 15) is 14.7 Å². The molecule has 2 fully saturated rings. The summed E-state index contributed by atoms with van der Waals surface area (Å²) in [6.45, 7) is 4.05. The monoisotopic (exact) mass is 394 g/mol. The largest absolute Gasteiger partial charge is 0.459 e. The van der Waals surface area contributed by atoms with Gasteiger partial charge in [0.1, 0.15) is 24.7 Å². The van der Waals surface area contributed by atoms with Gasteiger partial charge in [0.25, 0.3) is 0 Å². The Hall–Kier alpha value is -1.86. The Morgan fingerprint density at radius 1 is 1.21 bits per heavy atom. The Bertz CT molecular complexity index is 667. The van der Waals surface area contributed by atoms with Gasteiger partial charge >= 0.3 is 11.9 Å². The third-order valence-electron chi connectivity index (χ3n) is 5.59. The van der Waals surface area contributed by atoms with Gasteiger partial charge in [-0.25, -0.2) is 0 Å². The third kappa shape index (κ3) is 5.82.